The molecule has 2 rings (SSSR count). The van der Waals surface area contributed by atoms with Gasteiger partial charge in [0.1, 0.15) is 5.75 Å². The molecule has 0 unspecified atom stereocenters. The van der Waals surface area contributed by atoms with Gasteiger partial charge in [0.2, 0.25) is 0 Å². The molecule has 0 bridgehead atoms. The Morgan fingerprint density at radius 1 is 1.28 bits per heavy atom. The van der Waals surface area contributed by atoms with Gasteiger partial charge in [0, 0.05) is 19.8 Å². The van der Waals surface area contributed by atoms with Gasteiger partial charge in [-0.3, -0.25) is 4.68 Å². The van der Waals surface area contributed by atoms with Crippen molar-refractivity contribution in [3.05, 3.63) is 42.2 Å². The molecular weight excluding hydrogens is 226 g/mol. The Labute approximate surface area is 108 Å². The van der Waals surface area contributed by atoms with Gasteiger partial charge in [-0.2, -0.15) is 5.10 Å². The van der Waals surface area contributed by atoms with Gasteiger partial charge in [-0.05, 0) is 31.5 Å². The predicted molar refractivity (Wildman–Crippen MR) is 72.7 cm³/mol. The zero-order valence-corrected chi connectivity index (χ0v) is 11.1. The van der Waals surface area contributed by atoms with E-state index in [1.54, 1.807) is 4.68 Å². The molecule has 4 heteroatoms. The van der Waals surface area contributed by atoms with Crippen LogP contribution in [-0.4, -0.2) is 15.9 Å². The van der Waals surface area contributed by atoms with E-state index >= 15 is 0 Å². The van der Waals surface area contributed by atoms with Crippen LogP contribution in [0.3, 0.4) is 0 Å². The van der Waals surface area contributed by atoms with E-state index in [0.29, 0.717) is 0 Å². The molecule has 0 amide bonds. The zero-order chi connectivity index (χ0) is 13.0. The zero-order valence-electron chi connectivity index (χ0n) is 11.1. The molecule has 96 valence electrons. The molecular formula is C14H19N3O. The van der Waals surface area contributed by atoms with Crippen molar-refractivity contribution in [3.8, 4) is 5.75 Å². The third kappa shape index (κ3) is 3.52. The van der Waals surface area contributed by atoms with Crippen LogP contribution in [-0.2, 0) is 13.6 Å². The summed E-state index contributed by atoms with van der Waals surface area (Å²) in [4.78, 5) is 0. The fraction of sp³-hybridized carbons (Fsp3) is 0.357. The number of ether oxygens (including phenoxy) is 1. The summed E-state index contributed by atoms with van der Waals surface area (Å²) in [6.45, 7) is 4.84. The van der Waals surface area contributed by atoms with Crippen molar-refractivity contribution < 1.29 is 4.74 Å². The van der Waals surface area contributed by atoms with Crippen molar-refractivity contribution in [1.29, 1.82) is 0 Å². The first-order chi connectivity index (χ1) is 8.63. The minimum absolute atomic E-state index is 0.212. The van der Waals surface area contributed by atoms with Gasteiger partial charge in [-0.1, -0.05) is 12.1 Å². The lowest BCUT2D eigenvalue weighted by Gasteiger charge is -2.10. The molecule has 0 aliphatic heterocycles. The first kappa shape index (κ1) is 12.5. The number of nitrogens with one attached hydrogen (secondary N) is 1. The van der Waals surface area contributed by atoms with Crippen LogP contribution in [0.5, 0.6) is 5.75 Å². The standard InChI is InChI=1S/C14H19N3O/c1-11(2)18-14-6-4-12(5-7-14)8-15-13-9-16-17(3)10-13/h4-7,9-11,15H,8H2,1-3H3. The molecule has 0 radical (unpaired) electrons. The van der Waals surface area contributed by atoms with E-state index < -0.39 is 0 Å². The van der Waals surface area contributed by atoms with E-state index in [4.69, 9.17) is 4.74 Å². The van der Waals surface area contributed by atoms with Crippen molar-refractivity contribution in [2.75, 3.05) is 5.32 Å². The number of nitrogens with zero attached hydrogens (tertiary/aromatic N) is 2. The fourth-order valence-electron chi connectivity index (χ4n) is 1.67. The summed E-state index contributed by atoms with van der Waals surface area (Å²) >= 11 is 0. The summed E-state index contributed by atoms with van der Waals surface area (Å²) in [5, 5.41) is 7.43. The molecule has 1 aromatic heterocycles. The molecule has 1 N–H and O–H groups in total. The Kier molecular flexibility index (Phi) is 3.87. The van der Waals surface area contributed by atoms with Gasteiger partial charge in [0.15, 0.2) is 0 Å². The van der Waals surface area contributed by atoms with Crippen LogP contribution in [0.1, 0.15) is 19.4 Å². The fourth-order valence-corrected chi connectivity index (χ4v) is 1.67. The van der Waals surface area contributed by atoms with Gasteiger partial charge in [-0.25, -0.2) is 0 Å². The van der Waals surface area contributed by atoms with E-state index in [1.165, 1.54) is 5.56 Å². The molecule has 18 heavy (non-hydrogen) atoms. The van der Waals surface area contributed by atoms with Gasteiger partial charge in [0.25, 0.3) is 0 Å². The lowest BCUT2D eigenvalue weighted by atomic mass is 10.2. The van der Waals surface area contributed by atoms with Crippen LogP contribution in [0.25, 0.3) is 0 Å². The molecule has 1 heterocycles. The SMILES string of the molecule is CC(C)Oc1ccc(CNc2cnn(C)c2)cc1. The second-order valence-corrected chi connectivity index (χ2v) is 4.57. The second-order valence-electron chi connectivity index (χ2n) is 4.57. The third-order valence-electron chi connectivity index (χ3n) is 2.50. The number of aryl methyl sites for hydroxylation is 1. The molecule has 1 aromatic carbocycles. The normalized spacial score (nSPS) is 10.7. The van der Waals surface area contributed by atoms with Gasteiger partial charge < -0.3 is 10.1 Å². The molecule has 0 aliphatic rings. The number of hydrogen-bond acceptors (Lipinski definition) is 3. The molecule has 0 aliphatic carbocycles. The van der Waals surface area contributed by atoms with E-state index in [2.05, 4.69) is 22.5 Å². The highest BCUT2D eigenvalue weighted by Gasteiger charge is 1.99. The van der Waals surface area contributed by atoms with Crippen LogP contribution in [0.4, 0.5) is 5.69 Å². The maximum atomic E-state index is 5.60. The molecule has 0 saturated carbocycles. The largest absolute Gasteiger partial charge is 0.491 e. The average molecular weight is 245 g/mol. The Morgan fingerprint density at radius 2 is 2.00 bits per heavy atom. The summed E-state index contributed by atoms with van der Waals surface area (Å²) in [6.07, 6.45) is 3.98. The van der Waals surface area contributed by atoms with E-state index in [-0.39, 0.29) is 6.10 Å². The maximum absolute atomic E-state index is 5.60. The Balaban J connectivity index is 1.90. The Hall–Kier alpha value is -1.97. The van der Waals surface area contributed by atoms with Crippen LogP contribution in [0.15, 0.2) is 36.7 Å². The van der Waals surface area contributed by atoms with Crippen molar-refractivity contribution in [2.24, 2.45) is 7.05 Å². The monoisotopic (exact) mass is 245 g/mol. The minimum Gasteiger partial charge on any atom is -0.491 e. The lowest BCUT2D eigenvalue weighted by Crippen LogP contribution is -2.05. The quantitative estimate of drug-likeness (QED) is 0.880. The summed E-state index contributed by atoms with van der Waals surface area (Å²) in [6, 6.07) is 8.14. The molecule has 0 fully saturated rings. The predicted octanol–water partition coefficient (Wildman–Crippen LogP) is 2.82. The van der Waals surface area contributed by atoms with Gasteiger partial charge >= 0.3 is 0 Å². The summed E-state index contributed by atoms with van der Waals surface area (Å²) in [5.74, 6) is 0.912. The average Bonchev–Trinajstić information content (AvgIpc) is 2.74. The van der Waals surface area contributed by atoms with Gasteiger partial charge in [0.05, 0.1) is 18.0 Å². The van der Waals surface area contributed by atoms with E-state index in [9.17, 15) is 0 Å². The smallest absolute Gasteiger partial charge is 0.119 e. The molecule has 2 aromatic rings. The first-order valence-corrected chi connectivity index (χ1v) is 6.11. The first-order valence-electron chi connectivity index (χ1n) is 6.11. The van der Waals surface area contributed by atoms with Crippen molar-refractivity contribution in [2.45, 2.75) is 26.5 Å². The van der Waals surface area contributed by atoms with Crippen molar-refractivity contribution >= 4 is 5.69 Å². The summed E-state index contributed by atoms with van der Waals surface area (Å²) in [7, 11) is 1.91. The molecule has 0 saturated heterocycles. The highest BCUT2D eigenvalue weighted by Crippen LogP contribution is 2.15. The summed E-state index contributed by atoms with van der Waals surface area (Å²) < 4.78 is 7.38. The van der Waals surface area contributed by atoms with Gasteiger partial charge in [-0.15, -0.1) is 0 Å². The van der Waals surface area contributed by atoms with Crippen molar-refractivity contribution in [3.63, 3.8) is 0 Å². The topological polar surface area (TPSA) is 39.1 Å². The van der Waals surface area contributed by atoms with Crippen LogP contribution >= 0.6 is 0 Å². The van der Waals surface area contributed by atoms with Crippen LogP contribution < -0.4 is 10.1 Å². The number of hydrogen-bond donors (Lipinski definition) is 1. The number of aromatic nitrogens is 2. The number of rotatable bonds is 5. The Morgan fingerprint density at radius 3 is 2.56 bits per heavy atom. The number of benzene rings is 1. The van der Waals surface area contributed by atoms with Crippen LogP contribution in [0, 0.1) is 0 Å². The highest BCUT2D eigenvalue weighted by atomic mass is 16.5. The van der Waals surface area contributed by atoms with Crippen molar-refractivity contribution in [1.82, 2.24) is 9.78 Å². The molecule has 0 spiro atoms. The second kappa shape index (κ2) is 5.58. The minimum atomic E-state index is 0.212. The third-order valence-corrected chi connectivity index (χ3v) is 2.50. The lowest BCUT2D eigenvalue weighted by molar-refractivity contribution is 0.242. The van der Waals surface area contributed by atoms with E-state index in [1.807, 2.05) is 45.4 Å². The number of anilines is 1. The highest BCUT2D eigenvalue weighted by molar-refractivity contribution is 5.39. The summed E-state index contributed by atoms with van der Waals surface area (Å²) in [5.41, 5.74) is 2.25. The maximum Gasteiger partial charge on any atom is 0.119 e. The van der Waals surface area contributed by atoms with E-state index in [0.717, 1.165) is 18.0 Å². The molecule has 4 nitrogen and oxygen atoms in total. The van der Waals surface area contributed by atoms with Crippen LogP contribution in [0.2, 0.25) is 0 Å². The molecule has 0 atom stereocenters. The Bertz CT molecular complexity index is 488.